The predicted molar refractivity (Wildman–Crippen MR) is 386 cm³/mol. The van der Waals surface area contributed by atoms with Gasteiger partial charge in [0, 0.05) is 125 Å². The van der Waals surface area contributed by atoms with E-state index in [1.807, 2.05) is 41.5 Å². The highest BCUT2D eigenvalue weighted by Crippen LogP contribution is 2.31. The summed E-state index contributed by atoms with van der Waals surface area (Å²) in [5, 5.41) is 2.79. The maximum atomic E-state index is 15.6. The van der Waals surface area contributed by atoms with Gasteiger partial charge in [0.15, 0.2) is 11.6 Å². The number of hydrogen-bond acceptors (Lipinski definition) is 16. The number of amides is 9. The van der Waals surface area contributed by atoms with Gasteiger partial charge in [0.05, 0.1) is 25.2 Å². The van der Waals surface area contributed by atoms with Crippen molar-refractivity contribution in [2.45, 2.75) is 237 Å². The van der Waals surface area contributed by atoms with Crippen molar-refractivity contribution < 1.29 is 85.0 Å². The Morgan fingerprint density at radius 3 is 1.50 bits per heavy atom. The third kappa shape index (κ3) is 26.6. The Labute approximate surface area is 611 Å². The van der Waals surface area contributed by atoms with Crippen LogP contribution in [0, 0.1) is 59.2 Å². The molecule has 0 saturated carbocycles. The smallest absolute Gasteiger partial charge is 0.401 e. The lowest BCUT2D eigenvalue weighted by molar-refractivity contribution is -0.164. The number of nitrogens with zero attached hydrogens (tertiary/aromatic N) is 9. The van der Waals surface area contributed by atoms with Crippen LogP contribution in [0.2, 0.25) is 0 Å². The highest BCUT2D eigenvalue weighted by atomic mass is 19.4. The summed E-state index contributed by atoms with van der Waals surface area (Å²) in [5.41, 5.74) is 0. The van der Waals surface area contributed by atoms with Crippen LogP contribution in [0.15, 0.2) is 12.2 Å². The zero-order valence-electron chi connectivity index (χ0n) is 66.5. The number of ketones is 3. The van der Waals surface area contributed by atoms with E-state index in [9.17, 15) is 37.1 Å². The number of Topliss-reactive ketones (excluding diaryl/α,β-unsaturated/α-hetero) is 3. The van der Waals surface area contributed by atoms with Crippen LogP contribution < -0.4 is 5.32 Å². The molecule has 2 aliphatic heterocycles. The Balaban J connectivity index is 3.08. The number of carbonyl (C=O) groups is 13. The highest BCUT2D eigenvalue weighted by molar-refractivity contribution is 6.00. The molecule has 2 aliphatic rings. The molecule has 2 fully saturated rings. The summed E-state index contributed by atoms with van der Waals surface area (Å²) < 4.78 is 51.5. The number of alkyl halides is 3. The highest BCUT2D eigenvalue weighted by Gasteiger charge is 2.48. The van der Waals surface area contributed by atoms with E-state index >= 15 is 38.4 Å². The molecule has 0 spiro atoms. The molecule has 0 aromatic rings. The van der Waals surface area contributed by atoms with E-state index < -0.39 is 198 Å². The van der Waals surface area contributed by atoms with Crippen molar-refractivity contribution in [3.63, 3.8) is 0 Å². The molecule has 0 bridgehead atoms. The summed E-state index contributed by atoms with van der Waals surface area (Å²) in [4.78, 5) is 203. The number of piperazine rings is 1. The molecule has 25 nitrogen and oxygen atoms in total. The Kier molecular flexibility index (Phi) is 37.4. The molecule has 103 heavy (non-hydrogen) atoms. The van der Waals surface area contributed by atoms with Crippen LogP contribution in [0.1, 0.15) is 176 Å². The van der Waals surface area contributed by atoms with E-state index in [0.717, 1.165) is 21.6 Å². The number of rotatable bonds is 20. The summed E-state index contributed by atoms with van der Waals surface area (Å²) in [6.45, 7) is 28.3. The monoisotopic (exact) mass is 1460 g/mol. The minimum atomic E-state index is -4.43. The SMILES string of the molecule is C/C=C/C[C@@H](C)[C@@H](OC(C)=O)[C@H]1C(=O)N[C@@H](CC)C(=O)N(C)[C@H](C)C(=O)N(C)[C@@H]([C@H](C)COCC(=O)N2CCN(CC(F)(F)F)CC2)C(=O)C[C@@H](C(C)C)C(=O)N(C)[C@@H](CC(C)C)C(=O)C[C@@H](C)C(=O)C[C@H](C)C(=O)N(C)[C@@H](CC(C)C)C(=O)N(C)[C@@H](CC(C)C)C(=O)N(C)[C@@H](C(C)C)C(=O)N1C. The fraction of sp³-hybridized carbons (Fsp3) is 0.800. The van der Waals surface area contributed by atoms with Gasteiger partial charge in [-0.1, -0.05) is 116 Å². The standard InChI is InChI=1S/C75H127F3N10O15/c1-26-28-29-48(13)66(103-53(18)89)65-67(94)79-55(27-2)71(98)80(19)52(17)69(96)85(24)64(51(16)40-102-41-62(93)88-32-30-87(31-33-88)42-75(76,77)78)61(92)39-54(46(9)10)70(97)81(20)56(34-43(3)4)60(91)37-49(14)59(90)38-50(15)68(95)82(21)57(35-44(5)6)72(99)83(22)58(36-45(7)8)73(100)84(23)63(47(11)12)74(101)86(65)25/h26,28,43-52,54-58,63-66H,27,29-42H2,1-25H3,(H,79,94)/b28-26+/t48-,49-,50+,51-,52-,54+,55+,56+,57+,58+,63+,64+,65+,66-/m1/s1. The molecule has 14 atom stereocenters. The first-order valence-electron chi connectivity index (χ1n) is 36.8. The van der Waals surface area contributed by atoms with Crippen LogP contribution in [-0.4, -0.2) is 276 Å². The maximum Gasteiger partial charge on any atom is 0.401 e. The molecule has 0 aromatic heterocycles. The second-order valence-electron chi connectivity index (χ2n) is 31.1. The molecule has 2 rings (SSSR count). The van der Waals surface area contributed by atoms with Gasteiger partial charge < -0.3 is 54.0 Å². The second kappa shape index (κ2) is 41.7. The van der Waals surface area contributed by atoms with Crippen LogP contribution in [0.5, 0.6) is 0 Å². The Bertz CT molecular complexity index is 2940. The zero-order valence-corrected chi connectivity index (χ0v) is 66.5. The lowest BCUT2D eigenvalue weighted by Gasteiger charge is -2.42. The third-order valence-corrected chi connectivity index (χ3v) is 20.3. The van der Waals surface area contributed by atoms with Gasteiger partial charge in [0.2, 0.25) is 53.2 Å². The molecule has 1 N–H and O–H groups in total. The third-order valence-electron chi connectivity index (χ3n) is 20.3. The molecule has 0 aromatic carbocycles. The molecular formula is C75H127F3N10O15. The van der Waals surface area contributed by atoms with Crippen molar-refractivity contribution in [1.82, 2.24) is 49.4 Å². The molecule has 2 saturated heterocycles. The van der Waals surface area contributed by atoms with Gasteiger partial charge in [-0.25, -0.2) is 0 Å². The quantitative estimate of drug-likeness (QED) is 0.0967. The zero-order chi connectivity index (χ0) is 79.3. The molecule has 0 aliphatic carbocycles. The number of ether oxygens (including phenoxy) is 2. The van der Waals surface area contributed by atoms with E-state index in [1.165, 1.54) is 85.7 Å². The maximum absolute atomic E-state index is 15.6. The van der Waals surface area contributed by atoms with E-state index in [2.05, 4.69) is 5.32 Å². The lowest BCUT2D eigenvalue weighted by Crippen LogP contribution is -2.64. The first-order chi connectivity index (χ1) is 47.6. The van der Waals surface area contributed by atoms with Crippen molar-refractivity contribution in [3.05, 3.63) is 12.2 Å². The van der Waals surface area contributed by atoms with E-state index in [0.29, 0.717) is 0 Å². The molecule has 28 heteroatoms. The van der Waals surface area contributed by atoms with Crippen molar-refractivity contribution >= 4 is 76.5 Å². The van der Waals surface area contributed by atoms with Crippen LogP contribution in [-0.2, 0) is 71.8 Å². The summed E-state index contributed by atoms with van der Waals surface area (Å²) in [7, 11) is 9.79. The summed E-state index contributed by atoms with van der Waals surface area (Å²) in [6, 6.07) is -10.7. The number of halogens is 3. The number of esters is 1. The van der Waals surface area contributed by atoms with Crippen LogP contribution in [0.4, 0.5) is 13.2 Å². The van der Waals surface area contributed by atoms with Crippen molar-refractivity contribution in [3.8, 4) is 0 Å². The van der Waals surface area contributed by atoms with Crippen LogP contribution in [0.3, 0.4) is 0 Å². The van der Waals surface area contributed by atoms with Crippen molar-refractivity contribution in [2.24, 2.45) is 59.2 Å². The minimum absolute atomic E-state index is 0.00137. The first-order valence-corrected chi connectivity index (χ1v) is 36.8. The largest absolute Gasteiger partial charge is 0.459 e. The van der Waals surface area contributed by atoms with Gasteiger partial charge >= 0.3 is 12.1 Å². The normalized spacial score (nSPS) is 26.7. The topological polar surface area (TPSA) is 282 Å². The molecule has 0 radical (unpaired) electrons. The lowest BCUT2D eigenvalue weighted by atomic mass is 9.83. The number of nitrogens with one attached hydrogen (secondary N) is 1. The Morgan fingerprint density at radius 2 is 1.02 bits per heavy atom. The molecule has 0 unspecified atom stereocenters. The molecule has 588 valence electrons. The van der Waals surface area contributed by atoms with E-state index in [4.69, 9.17) is 9.47 Å². The summed E-state index contributed by atoms with van der Waals surface area (Å²) in [5.74, 6) is -14.9. The molecule has 2 heterocycles. The number of carbonyl (C=O) groups excluding carboxylic acids is 13. The fourth-order valence-corrected chi connectivity index (χ4v) is 13.9. The minimum Gasteiger partial charge on any atom is -0.459 e. The van der Waals surface area contributed by atoms with Crippen LogP contribution in [0.25, 0.3) is 0 Å². The second-order valence-corrected chi connectivity index (χ2v) is 31.1. The summed E-state index contributed by atoms with van der Waals surface area (Å²) in [6.07, 6.45) is -2.79. The van der Waals surface area contributed by atoms with Crippen molar-refractivity contribution in [1.29, 1.82) is 0 Å². The number of hydrogen-bond donors (Lipinski definition) is 1. The molecular weight excluding hydrogens is 1340 g/mol. The average Bonchev–Trinajstić information content (AvgIpc) is 0.798. The predicted octanol–water partition coefficient (Wildman–Crippen LogP) is 6.81. The van der Waals surface area contributed by atoms with Gasteiger partial charge in [-0.15, -0.1) is 0 Å². The number of allylic oxidation sites excluding steroid dienone is 2. The van der Waals surface area contributed by atoms with Gasteiger partial charge in [-0.2, -0.15) is 13.2 Å². The molecule has 9 amide bonds. The summed E-state index contributed by atoms with van der Waals surface area (Å²) >= 11 is 0. The number of likely N-dealkylation sites (N-methyl/N-ethyl adjacent to an activating group) is 7. The average molecular weight is 1470 g/mol. The Hall–Kier alpha value is -6.84. The van der Waals surface area contributed by atoms with Gasteiger partial charge in [-0.05, 0) is 81.5 Å². The van der Waals surface area contributed by atoms with Gasteiger partial charge in [-0.3, -0.25) is 67.2 Å². The van der Waals surface area contributed by atoms with Crippen LogP contribution >= 0.6 is 0 Å². The van der Waals surface area contributed by atoms with E-state index in [1.54, 1.807) is 81.4 Å². The van der Waals surface area contributed by atoms with Crippen molar-refractivity contribution in [2.75, 3.05) is 95.3 Å². The van der Waals surface area contributed by atoms with Gasteiger partial charge in [0.1, 0.15) is 54.7 Å². The van der Waals surface area contributed by atoms with E-state index in [-0.39, 0.29) is 95.5 Å². The Morgan fingerprint density at radius 1 is 0.544 bits per heavy atom. The van der Waals surface area contributed by atoms with Gasteiger partial charge in [0.25, 0.3) is 0 Å². The first kappa shape index (κ1) is 92.2. The fourth-order valence-electron chi connectivity index (χ4n) is 13.9.